The Labute approximate surface area is 107 Å². The van der Waals surface area contributed by atoms with Crippen LogP contribution in [0.5, 0.6) is 0 Å². The number of nitrogens with one attached hydrogen (secondary N) is 1. The van der Waals surface area contributed by atoms with Crippen molar-refractivity contribution in [2.75, 3.05) is 0 Å². The van der Waals surface area contributed by atoms with Crippen molar-refractivity contribution >= 4 is 5.91 Å². The molecular formula is C14H17N3O. The van der Waals surface area contributed by atoms with Crippen LogP contribution in [0.2, 0.25) is 0 Å². The largest absolute Gasteiger partial charge is 0.350 e. The summed E-state index contributed by atoms with van der Waals surface area (Å²) in [7, 11) is 0. The van der Waals surface area contributed by atoms with Crippen LogP contribution in [-0.4, -0.2) is 15.5 Å². The predicted octanol–water partition coefficient (Wildman–Crippen LogP) is 1.82. The second kappa shape index (κ2) is 5.49. The Hall–Kier alpha value is -2.10. The maximum Gasteiger partial charge on any atom is 0.240 e. The first-order valence-corrected chi connectivity index (χ1v) is 5.95. The molecule has 2 rings (SSSR count). The number of aromatic nitrogens is 2. The molecule has 2 heterocycles. The minimum Gasteiger partial charge on any atom is -0.350 e. The van der Waals surface area contributed by atoms with Crippen LogP contribution in [0.25, 0.3) is 0 Å². The molecule has 0 aliphatic heterocycles. The highest BCUT2D eigenvalue weighted by molar-refractivity contribution is 5.75. The topological polar surface area (TPSA) is 46.9 Å². The van der Waals surface area contributed by atoms with Crippen LogP contribution in [0.4, 0.5) is 0 Å². The molecule has 0 fully saturated rings. The first-order valence-electron chi connectivity index (χ1n) is 5.95. The van der Waals surface area contributed by atoms with Gasteiger partial charge in [-0.25, -0.2) is 0 Å². The predicted molar refractivity (Wildman–Crippen MR) is 70.0 cm³/mol. The molecule has 0 unspecified atom stereocenters. The van der Waals surface area contributed by atoms with E-state index in [0.717, 1.165) is 17.0 Å². The van der Waals surface area contributed by atoms with Crippen molar-refractivity contribution in [3.05, 3.63) is 53.6 Å². The summed E-state index contributed by atoms with van der Waals surface area (Å²) >= 11 is 0. The van der Waals surface area contributed by atoms with E-state index in [1.807, 2.05) is 42.7 Å². The van der Waals surface area contributed by atoms with Crippen molar-refractivity contribution in [2.45, 2.75) is 26.9 Å². The van der Waals surface area contributed by atoms with Crippen molar-refractivity contribution in [1.82, 2.24) is 14.9 Å². The quantitative estimate of drug-likeness (QED) is 0.890. The molecule has 18 heavy (non-hydrogen) atoms. The Morgan fingerprint density at radius 3 is 2.61 bits per heavy atom. The van der Waals surface area contributed by atoms with Gasteiger partial charge in [-0.1, -0.05) is 6.07 Å². The molecule has 4 nitrogen and oxygen atoms in total. The molecule has 0 spiro atoms. The molecule has 0 aliphatic rings. The van der Waals surface area contributed by atoms with Gasteiger partial charge in [-0.05, 0) is 37.6 Å². The molecule has 2 aromatic rings. The van der Waals surface area contributed by atoms with E-state index in [1.54, 1.807) is 12.4 Å². The minimum atomic E-state index is 0.0150. The second-order valence-corrected chi connectivity index (χ2v) is 4.34. The molecule has 2 aromatic heterocycles. The Kier molecular flexibility index (Phi) is 3.77. The molecule has 0 aliphatic carbocycles. The monoisotopic (exact) mass is 243 g/mol. The third-order valence-corrected chi connectivity index (χ3v) is 2.93. The summed E-state index contributed by atoms with van der Waals surface area (Å²) in [6, 6.07) is 7.84. The third kappa shape index (κ3) is 2.97. The number of hydrogen-bond acceptors (Lipinski definition) is 2. The van der Waals surface area contributed by atoms with Gasteiger partial charge in [0.05, 0.1) is 0 Å². The van der Waals surface area contributed by atoms with E-state index in [0.29, 0.717) is 13.1 Å². The van der Waals surface area contributed by atoms with Gasteiger partial charge in [0.15, 0.2) is 0 Å². The molecule has 94 valence electrons. The maximum atomic E-state index is 11.8. The summed E-state index contributed by atoms with van der Waals surface area (Å²) in [6.07, 6.45) is 3.48. The normalized spacial score (nSPS) is 10.3. The average Bonchev–Trinajstić information content (AvgIpc) is 2.69. The van der Waals surface area contributed by atoms with Crippen LogP contribution in [0.1, 0.15) is 17.0 Å². The lowest BCUT2D eigenvalue weighted by Crippen LogP contribution is -2.27. The average molecular weight is 243 g/mol. The number of aryl methyl sites for hydroxylation is 2. The van der Waals surface area contributed by atoms with Gasteiger partial charge in [0, 0.05) is 30.3 Å². The summed E-state index contributed by atoms with van der Waals surface area (Å²) in [5, 5.41) is 2.89. The van der Waals surface area contributed by atoms with Crippen LogP contribution in [-0.2, 0) is 17.9 Å². The van der Waals surface area contributed by atoms with Crippen molar-refractivity contribution in [1.29, 1.82) is 0 Å². The summed E-state index contributed by atoms with van der Waals surface area (Å²) in [5.74, 6) is 0.0150. The van der Waals surface area contributed by atoms with E-state index in [4.69, 9.17) is 0 Å². The lowest BCUT2D eigenvalue weighted by Gasteiger charge is -2.09. The third-order valence-electron chi connectivity index (χ3n) is 2.93. The van der Waals surface area contributed by atoms with Gasteiger partial charge in [0.1, 0.15) is 6.54 Å². The molecule has 0 radical (unpaired) electrons. The van der Waals surface area contributed by atoms with E-state index in [1.165, 1.54) is 0 Å². The van der Waals surface area contributed by atoms with Gasteiger partial charge >= 0.3 is 0 Å². The van der Waals surface area contributed by atoms with Gasteiger partial charge < -0.3 is 9.88 Å². The van der Waals surface area contributed by atoms with E-state index >= 15 is 0 Å². The van der Waals surface area contributed by atoms with Crippen molar-refractivity contribution < 1.29 is 4.79 Å². The zero-order valence-electron chi connectivity index (χ0n) is 10.7. The zero-order chi connectivity index (χ0) is 13.0. The van der Waals surface area contributed by atoms with Gasteiger partial charge in [-0.2, -0.15) is 0 Å². The zero-order valence-corrected chi connectivity index (χ0v) is 10.7. The van der Waals surface area contributed by atoms with Gasteiger partial charge in [-0.3, -0.25) is 9.78 Å². The number of carbonyl (C=O) groups is 1. The summed E-state index contributed by atoms with van der Waals surface area (Å²) in [4.78, 5) is 15.8. The number of nitrogens with zero attached hydrogens (tertiary/aromatic N) is 2. The van der Waals surface area contributed by atoms with Crippen LogP contribution >= 0.6 is 0 Å². The standard InChI is InChI=1S/C14H17N3O/c1-11-5-6-12(2)17(11)10-14(18)16-9-13-4-3-7-15-8-13/h3-8H,9-10H2,1-2H3,(H,16,18). The maximum absolute atomic E-state index is 11.8. The van der Waals surface area contributed by atoms with Crippen molar-refractivity contribution in [3.8, 4) is 0 Å². The Morgan fingerprint density at radius 1 is 1.28 bits per heavy atom. The molecule has 0 atom stereocenters. The van der Waals surface area contributed by atoms with E-state index in [-0.39, 0.29) is 5.91 Å². The molecule has 0 aromatic carbocycles. The number of pyridine rings is 1. The smallest absolute Gasteiger partial charge is 0.240 e. The number of amides is 1. The summed E-state index contributed by atoms with van der Waals surface area (Å²) < 4.78 is 2.00. The Morgan fingerprint density at radius 2 is 2.00 bits per heavy atom. The Bertz CT molecular complexity index is 512. The summed E-state index contributed by atoms with van der Waals surface area (Å²) in [5.41, 5.74) is 3.21. The first-order chi connectivity index (χ1) is 8.66. The van der Waals surface area contributed by atoms with Crippen LogP contribution in [0.3, 0.4) is 0 Å². The van der Waals surface area contributed by atoms with Gasteiger partial charge in [0.2, 0.25) is 5.91 Å². The fraction of sp³-hybridized carbons (Fsp3) is 0.286. The lowest BCUT2D eigenvalue weighted by atomic mass is 10.3. The SMILES string of the molecule is Cc1ccc(C)n1CC(=O)NCc1cccnc1. The van der Waals surface area contributed by atoms with E-state index in [9.17, 15) is 4.79 Å². The lowest BCUT2D eigenvalue weighted by molar-refractivity contribution is -0.121. The molecule has 0 saturated carbocycles. The molecular weight excluding hydrogens is 226 g/mol. The highest BCUT2D eigenvalue weighted by Gasteiger charge is 2.06. The number of hydrogen-bond donors (Lipinski definition) is 1. The second-order valence-electron chi connectivity index (χ2n) is 4.34. The van der Waals surface area contributed by atoms with Gasteiger partial charge in [-0.15, -0.1) is 0 Å². The minimum absolute atomic E-state index is 0.0150. The molecule has 1 N–H and O–H groups in total. The number of rotatable bonds is 4. The molecule has 0 saturated heterocycles. The van der Waals surface area contributed by atoms with Crippen LogP contribution in [0, 0.1) is 13.8 Å². The van der Waals surface area contributed by atoms with Gasteiger partial charge in [0.25, 0.3) is 0 Å². The van der Waals surface area contributed by atoms with E-state index < -0.39 is 0 Å². The molecule has 0 bridgehead atoms. The van der Waals surface area contributed by atoms with Crippen molar-refractivity contribution in [2.24, 2.45) is 0 Å². The van der Waals surface area contributed by atoms with Crippen molar-refractivity contribution in [3.63, 3.8) is 0 Å². The van der Waals surface area contributed by atoms with Crippen LogP contribution < -0.4 is 5.32 Å². The fourth-order valence-electron chi connectivity index (χ4n) is 1.85. The Balaban J connectivity index is 1.90. The fourth-order valence-corrected chi connectivity index (χ4v) is 1.85. The summed E-state index contributed by atoms with van der Waals surface area (Å²) in [6.45, 7) is 4.89. The molecule has 1 amide bonds. The van der Waals surface area contributed by atoms with Crippen LogP contribution in [0.15, 0.2) is 36.7 Å². The van der Waals surface area contributed by atoms with E-state index in [2.05, 4.69) is 10.3 Å². The number of carbonyl (C=O) groups excluding carboxylic acids is 1. The first kappa shape index (κ1) is 12.4. The highest BCUT2D eigenvalue weighted by atomic mass is 16.1. The highest BCUT2D eigenvalue weighted by Crippen LogP contribution is 2.06. The molecule has 4 heteroatoms.